The molecule has 0 saturated carbocycles. The van der Waals surface area contributed by atoms with E-state index in [-0.39, 0.29) is 18.1 Å². The molecular formula is C29H32N6O3S. The van der Waals surface area contributed by atoms with Crippen LogP contribution >= 0.6 is 11.3 Å². The topological polar surface area (TPSA) is 94.9 Å². The first-order valence-corrected chi connectivity index (χ1v) is 14.0. The zero-order valence-corrected chi connectivity index (χ0v) is 23.4. The van der Waals surface area contributed by atoms with Gasteiger partial charge in [0, 0.05) is 23.7 Å². The zero-order chi connectivity index (χ0) is 27.5. The lowest BCUT2D eigenvalue weighted by molar-refractivity contribution is -0.118. The van der Waals surface area contributed by atoms with Crippen molar-refractivity contribution in [2.24, 2.45) is 17.1 Å². The van der Waals surface area contributed by atoms with Crippen LogP contribution in [0.2, 0.25) is 0 Å². The minimum absolute atomic E-state index is 0.00640. The van der Waals surface area contributed by atoms with Crippen LogP contribution in [0, 0.1) is 6.92 Å². The predicted octanol–water partition coefficient (Wildman–Crippen LogP) is 5.38. The third kappa shape index (κ3) is 5.24. The van der Waals surface area contributed by atoms with E-state index in [9.17, 15) is 9.59 Å². The first kappa shape index (κ1) is 26.4. The number of amides is 1. The quantitative estimate of drug-likeness (QED) is 0.302. The molecule has 202 valence electrons. The Hall–Kier alpha value is -4.18. The molecular weight excluding hydrogens is 512 g/mol. The summed E-state index contributed by atoms with van der Waals surface area (Å²) in [6.45, 7) is 6.18. The third-order valence-corrected chi connectivity index (χ3v) is 7.46. The fourth-order valence-electron chi connectivity index (χ4n) is 4.64. The van der Waals surface area contributed by atoms with Gasteiger partial charge in [-0.2, -0.15) is 5.10 Å². The Labute approximate surface area is 230 Å². The van der Waals surface area contributed by atoms with Crippen molar-refractivity contribution in [3.63, 3.8) is 0 Å². The van der Waals surface area contributed by atoms with Gasteiger partial charge in [-0.1, -0.05) is 44.9 Å². The zero-order valence-electron chi connectivity index (χ0n) is 22.6. The van der Waals surface area contributed by atoms with Crippen molar-refractivity contribution in [2.75, 3.05) is 11.9 Å². The van der Waals surface area contributed by atoms with Gasteiger partial charge in [0.05, 0.1) is 22.8 Å². The van der Waals surface area contributed by atoms with Crippen LogP contribution in [-0.4, -0.2) is 32.3 Å². The second-order valence-corrected chi connectivity index (χ2v) is 10.3. The minimum atomic E-state index is -0.192. The van der Waals surface area contributed by atoms with Gasteiger partial charge in [-0.05, 0) is 50.1 Å². The molecule has 0 radical (unpaired) electrons. The average molecular weight is 545 g/mol. The van der Waals surface area contributed by atoms with E-state index in [0.717, 1.165) is 54.0 Å². The number of nitrogens with one attached hydrogen (secondary N) is 1. The molecule has 1 aliphatic rings. The molecule has 9 nitrogen and oxygen atoms in total. The Kier molecular flexibility index (Phi) is 7.65. The normalized spacial score (nSPS) is 13.1. The number of carbonyl (C=O) groups excluding carboxylic acids is 1. The third-order valence-electron chi connectivity index (χ3n) is 6.64. The molecule has 0 bridgehead atoms. The summed E-state index contributed by atoms with van der Waals surface area (Å²) in [5.74, 6) is 0.446. The summed E-state index contributed by atoms with van der Waals surface area (Å²) in [6.07, 6.45) is 3.70. The van der Waals surface area contributed by atoms with Crippen LogP contribution in [0.1, 0.15) is 45.2 Å². The highest BCUT2D eigenvalue weighted by Crippen LogP contribution is 2.33. The van der Waals surface area contributed by atoms with Gasteiger partial charge in [-0.15, -0.1) is 11.3 Å². The maximum Gasteiger partial charge on any atom is 0.297 e. The highest BCUT2D eigenvalue weighted by Gasteiger charge is 2.20. The number of rotatable bonds is 8. The van der Waals surface area contributed by atoms with E-state index in [1.54, 1.807) is 4.68 Å². The number of anilines is 1. The van der Waals surface area contributed by atoms with Gasteiger partial charge in [0.2, 0.25) is 4.80 Å². The molecule has 1 N–H and O–H groups in total. The molecule has 39 heavy (non-hydrogen) atoms. The summed E-state index contributed by atoms with van der Waals surface area (Å²) in [5.41, 5.74) is 5.09. The number of fused-ring (bicyclic) bond motifs is 1. The summed E-state index contributed by atoms with van der Waals surface area (Å²) in [6, 6.07) is 15.2. The fourth-order valence-corrected chi connectivity index (χ4v) is 5.47. The largest absolute Gasteiger partial charge is 0.482 e. The predicted molar refractivity (Wildman–Crippen MR) is 155 cm³/mol. The lowest BCUT2D eigenvalue weighted by Crippen LogP contribution is -2.25. The summed E-state index contributed by atoms with van der Waals surface area (Å²) in [5, 5.41) is 9.93. The molecule has 0 saturated heterocycles. The maximum absolute atomic E-state index is 13.6. The van der Waals surface area contributed by atoms with Crippen LogP contribution in [0.25, 0.3) is 16.9 Å². The van der Waals surface area contributed by atoms with Gasteiger partial charge in [0.25, 0.3) is 11.5 Å². The Morgan fingerprint density at radius 2 is 1.82 bits per heavy atom. The lowest BCUT2D eigenvalue weighted by atomic mass is 10.1. The number of hydrogen-bond acceptors (Lipinski definition) is 6. The molecule has 0 atom stereocenters. The maximum atomic E-state index is 13.6. The van der Waals surface area contributed by atoms with Crippen LogP contribution in [0.3, 0.4) is 0 Å². The van der Waals surface area contributed by atoms with Crippen molar-refractivity contribution in [3.8, 4) is 22.7 Å². The number of thiazole rings is 1. The molecule has 3 heterocycles. The molecule has 0 aliphatic carbocycles. The van der Waals surface area contributed by atoms with E-state index in [1.807, 2.05) is 77.2 Å². The van der Waals surface area contributed by atoms with E-state index in [1.165, 1.54) is 11.3 Å². The number of ether oxygens (including phenoxy) is 1. The fraction of sp³-hybridized carbons (Fsp3) is 0.310. The summed E-state index contributed by atoms with van der Waals surface area (Å²) >= 11 is 1.42. The molecule has 0 fully saturated rings. The van der Waals surface area contributed by atoms with E-state index in [0.29, 0.717) is 21.9 Å². The summed E-state index contributed by atoms with van der Waals surface area (Å²) in [7, 11) is 1.86. The highest BCUT2D eigenvalue weighted by atomic mass is 32.1. The van der Waals surface area contributed by atoms with E-state index < -0.39 is 0 Å². The van der Waals surface area contributed by atoms with Crippen molar-refractivity contribution in [2.45, 2.75) is 46.5 Å². The molecule has 2 aromatic carbocycles. The van der Waals surface area contributed by atoms with Crippen molar-refractivity contribution < 1.29 is 9.53 Å². The number of para-hydroxylation sites is 1. The van der Waals surface area contributed by atoms with E-state index in [2.05, 4.69) is 19.2 Å². The summed E-state index contributed by atoms with van der Waals surface area (Å²) in [4.78, 5) is 31.0. The van der Waals surface area contributed by atoms with Crippen molar-refractivity contribution >= 4 is 34.3 Å². The molecule has 5 rings (SSSR count). The van der Waals surface area contributed by atoms with E-state index in [4.69, 9.17) is 14.8 Å². The number of nitrogens with zero attached hydrogens (tertiary/aromatic N) is 5. The standard InChI is InChI=1S/C29H32N6O3S/c1-5-10-21(11-6-2)32-34-24(20-14-15-25-23(16-20)30-26(36)17-38-25)18-39-29(34)31-27-19(3)33(4)35(28(27)37)22-12-8-7-9-13-22/h7-9,12-16,18H,5-6,10-11,17H2,1-4H3,(H,30,36). The Morgan fingerprint density at radius 3 is 2.54 bits per heavy atom. The van der Waals surface area contributed by atoms with Gasteiger partial charge < -0.3 is 10.1 Å². The van der Waals surface area contributed by atoms with Crippen LogP contribution in [0.4, 0.5) is 11.4 Å². The molecule has 2 aromatic heterocycles. The molecule has 0 unspecified atom stereocenters. The van der Waals surface area contributed by atoms with Crippen LogP contribution in [-0.2, 0) is 11.8 Å². The Bertz CT molecular complexity index is 1670. The molecule has 1 amide bonds. The van der Waals surface area contributed by atoms with Gasteiger partial charge in [-0.3, -0.25) is 14.3 Å². The lowest BCUT2D eigenvalue weighted by Gasteiger charge is -2.18. The minimum Gasteiger partial charge on any atom is -0.482 e. The second-order valence-electron chi connectivity index (χ2n) is 9.45. The first-order chi connectivity index (χ1) is 18.9. The number of carbonyl (C=O) groups is 1. The van der Waals surface area contributed by atoms with E-state index >= 15 is 0 Å². The smallest absolute Gasteiger partial charge is 0.297 e. The first-order valence-electron chi connectivity index (χ1n) is 13.1. The Balaban J connectivity index is 1.70. The van der Waals surface area contributed by atoms with Crippen LogP contribution < -0.4 is 20.4 Å². The summed E-state index contributed by atoms with van der Waals surface area (Å²) < 4.78 is 10.8. The number of aromatic nitrogens is 3. The van der Waals surface area contributed by atoms with Crippen LogP contribution in [0.5, 0.6) is 5.75 Å². The average Bonchev–Trinajstić information content (AvgIpc) is 3.42. The van der Waals surface area contributed by atoms with Gasteiger partial charge >= 0.3 is 0 Å². The van der Waals surface area contributed by atoms with Crippen molar-refractivity contribution in [1.82, 2.24) is 14.0 Å². The van der Waals surface area contributed by atoms with Gasteiger partial charge in [0.15, 0.2) is 12.3 Å². The Morgan fingerprint density at radius 1 is 1.08 bits per heavy atom. The van der Waals surface area contributed by atoms with Crippen LogP contribution in [0.15, 0.2) is 68.8 Å². The molecule has 1 aliphatic heterocycles. The SMILES string of the molecule is CCCC(CCC)=Nn1c(-c2ccc3c(c2)NC(=O)CO3)csc1=Nc1c(C)n(C)n(-c2ccccc2)c1=O. The molecule has 10 heteroatoms. The molecule has 4 aromatic rings. The van der Waals surface area contributed by atoms with Gasteiger partial charge in [-0.25, -0.2) is 14.4 Å². The number of hydrogen-bond donors (Lipinski definition) is 1. The van der Waals surface area contributed by atoms with Gasteiger partial charge in [0.1, 0.15) is 5.75 Å². The van der Waals surface area contributed by atoms with Crippen molar-refractivity contribution in [1.29, 1.82) is 0 Å². The van der Waals surface area contributed by atoms with Crippen molar-refractivity contribution in [3.05, 3.63) is 74.8 Å². The monoisotopic (exact) mass is 544 g/mol. The second kappa shape index (κ2) is 11.3. The number of benzene rings is 2. The molecule has 0 spiro atoms. The highest BCUT2D eigenvalue weighted by molar-refractivity contribution is 7.07.